The molecule has 86 valence electrons. The van der Waals surface area contributed by atoms with Crippen LogP contribution in [-0.4, -0.2) is 22.7 Å². The Morgan fingerprint density at radius 1 is 1.07 bits per heavy atom. The Morgan fingerprint density at radius 2 is 1.64 bits per heavy atom. The first-order valence-corrected chi connectivity index (χ1v) is 7.01. The van der Waals surface area contributed by atoms with E-state index in [0.29, 0.717) is 5.92 Å². The van der Waals surface area contributed by atoms with E-state index in [0.717, 1.165) is 18.1 Å². The second-order valence-corrected chi connectivity index (χ2v) is 5.58. The molecule has 0 spiro atoms. The van der Waals surface area contributed by atoms with Gasteiger partial charge >= 0.3 is 0 Å². The van der Waals surface area contributed by atoms with Crippen molar-refractivity contribution in [2.75, 3.05) is 11.5 Å². The van der Waals surface area contributed by atoms with Gasteiger partial charge in [-0.1, -0.05) is 40.5 Å². The summed E-state index contributed by atoms with van der Waals surface area (Å²) in [5.41, 5.74) is 0. The molecule has 0 aliphatic rings. The third kappa shape index (κ3) is 7.69. The zero-order valence-corrected chi connectivity index (χ0v) is 10.9. The van der Waals surface area contributed by atoms with Crippen LogP contribution in [0.25, 0.3) is 0 Å². The summed E-state index contributed by atoms with van der Waals surface area (Å²) < 4.78 is 0. The molecule has 0 rings (SSSR count). The van der Waals surface area contributed by atoms with Crippen LogP contribution < -0.4 is 0 Å². The van der Waals surface area contributed by atoms with Crippen molar-refractivity contribution in [2.24, 2.45) is 11.8 Å². The molecular formula is C12H26OS. The summed E-state index contributed by atoms with van der Waals surface area (Å²) in [6.45, 7) is 8.87. The Balaban J connectivity index is 3.48. The first kappa shape index (κ1) is 14.3. The lowest BCUT2D eigenvalue weighted by Gasteiger charge is -2.17. The SMILES string of the molecule is CCC(CC)CC(O)CSCC(C)C. The first-order chi connectivity index (χ1) is 6.60. The van der Waals surface area contributed by atoms with Crippen molar-refractivity contribution in [2.45, 2.75) is 53.1 Å². The van der Waals surface area contributed by atoms with Crippen molar-refractivity contribution >= 4 is 11.8 Å². The molecule has 1 atom stereocenters. The van der Waals surface area contributed by atoms with Crippen molar-refractivity contribution in [3.8, 4) is 0 Å². The molecule has 1 unspecified atom stereocenters. The van der Waals surface area contributed by atoms with Crippen molar-refractivity contribution in [1.29, 1.82) is 0 Å². The molecule has 0 heterocycles. The molecule has 1 nitrogen and oxygen atoms in total. The molecule has 0 fully saturated rings. The molecule has 0 aliphatic carbocycles. The van der Waals surface area contributed by atoms with E-state index in [-0.39, 0.29) is 6.10 Å². The van der Waals surface area contributed by atoms with Crippen LogP contribution in [0.2, 0.25) is 0 Å². The zero-order chi connectivity index (χ0) is 11.0. The number of aliphatic hydroxyl groups excluding tert-OH is 1. The van der Waals surface area contributed by atoms with E-state index < -0.39 is 0 Å². The van der Waals surface area contributed by atoms with E-state index in [9.17, 15) is 5.11 Å². The topological polar surface area (TPSA) is 20.2 Å². The van der Waals surface area contributed by atoms with E-state index >= 15 is 0 Å². The van der Waals surface area contributed by atoms with Crippen molar-refractivity contribution in [3.05, 3.63) is 0 Å². The maximum absolute atomic E-state index is 9.77. The number of hydrogen-bond acceptors (Lipinski definition) is 2. The Labute approximate surface area is 93.7 Å². The van der Waals surface area contributed by atoms with Crippen molar-refractivity contribution in [3.63, 3.8) is 0 Å². The highest BCUT2D eigenvalue weighted by Crippen LogP contribution is 2.18. The fourth-order valence-corrected chi connectivity index (χ4v) is 2.53. The molecule has 0 aromatic heterocycles. The predicted molar refractivity (Wildman–Crippen MR) is 66.9 cm³/mol. The highest BCUT2D eigenvalue weighted by molar-refractivity contribution is 7.99. The summed E-state index contributed by atoms with van der Waals surface area (Å²) in [7, 11) is 0. The summed E-state index contributed by atoms with van der Waals surface area (Å²) in [4.78, 5) is 0. The van der Waals surface area contributed by atoms with Gasteiger partial charge in [-0.25, -0.2) is 0 Å². The van der Waals surface area contributed by atoms with E-state index in [1.165, 1.54) is 18.6 Å². The quantitative estimate of drug-likeness (QED) is 0.672. The third-order valence-electron chi connectivity index (χ3n) is 2.52. The number of rotatable bonds is 8. The molecular weight excluding hydrogens is 192 g/mol. The molecule has 2 heteroatoms. The molecule has 0 aromatic carbocycles. The van der Waals surface area contributed by atoms with E-state index in [1.807, 2.05) is 11.8 Å². The lowest BCUT2D eigenvalue weighted by molar-refractivity contribution is 0.161. The number of hydrogen-bond donors (Lipinski definition) is 1. The fraction of sp³-hybridized carbons (Fsp3) is 1.00. The Morgan fingerprint density at radius 3 is 2.07 bits per heavy atom. The summed E-state index contributed by atoms with van der Waals surface area (Å²) in [6.07, 6.45) is 3.28. The zero-order valence-electron chi connectivity index (χ0n) is 10.1. The van der Waals surface area contributed by atoms with Gasteiger partial charge in [-0.15, -0.1) is 0 Å². The van der Waals surface area contributed by atoms with Gasteiger partial charge in [0, 0.05) is 5.75 Å². The van der Waals surface area contributed by atoms with Gasteiger partial charge in [-0.05, 0) is 24.0 Å². The minimum absolute atomic E-state index is 0.0938. The van der Waals surface area contributed by atoms with Crippen LogP contribution in [0.3, 0.4) is 0 Å². The van der Waals surface area contributed by atoms with E-state index in [1.54, 1.807) is 0 Å². The highest BCUT2D eigenvalue weighted by atomic mass is 32.2. The van der Waals surface area contributed by atoms with Crippen LogP contribution in [0.4, 0.5) is 0 Å². The van der Waals surface area contributed by atoms with Gasteiger partial charge in [-0.3, -0.25) is 0 Å². The van der Waals surface area contributed by atoms with Crippen LogP contribution in [0.15, 0.2) is 0 Å². The minimum atomic E-state index is -0.0938. The van der Waals surface area contributed by atoms with Gasteiger partial charge in [-0.2, -0.15) is 11.8 Å². The molecule has 0 saturated heterocycles. The second-order valence-electron chi connectivity index (χ2n) is 4.50. The molecule has 14 heavy (non-hydrogen) atoms. The Bertz CT molecular complexity index is 121. The van der Waals surface area contributed by atoms with Crippen LogP contribution in [0.1, 0.15) is 47.0 Å². The van der Waals surface area contributed by atoms with Crippen LogP contribution in [-0.2, 0) is 0 Å². The Kier molecular flexibility index (Phi) is 8.80. The number of aliphatic hydroxyl groups is 1. The van der Waals surface area contributed by atoms with Gasteiger partial charge < -0.3 is 5.11 Å². The normalized spacial score (nSPS) is 13.9. The van der Waals surface area contributed by atoms with Crippen molar-refractivity contribution < 1.29 is 5.11 Å². The van der Waals surface area contributed by atoms with Gasteiger partial charge in [0.1, 0.15) is 0 Å². The second kappa shape index (κ2) is 8.60. The average Bonchev–Trinajstić information content (AvgIpc) is 2.13. The summed E-state index contributed by atoms with van der Waals surface area (Å²) in [6, 6.07) is 0. The standard InChI is InChI=1S/C12H26OS/c1-5-11(6-2)7-12(13)9-14-8-10(3)4/h10-13H,5-9H2,1-4H3. The molecule has 0 radical (unpaired) electrons. The first-order valence-electron chi connectivity index (χ1n) is 5.85. The van der Waals surface area contributed by atoms with Crippen LogP contribution >= 0.6 is 11.8 Å². The fourth-order valence-electron chi connectivity index (χ4n) is 1.51. The van der Waals surface area contributed by atoms with Crippen molar-refractivity contribution in [1.82, 2.24) is 0 Å². The molecule has 0 aliphatic heterocycles. The van der Waals surface area contributed by atoms with Gasteiger partial charge in [0.25, 0.3) is 0 Å². The Hall–Kier alpha value is 0.310. The largest absolute Gasteiger partial charge is 0.392 e. The minimum Gasteiger partial charge on any atom is -0.392 e. The smallest absolute Gasteiger partial charge is 0.0633 e. The van der Waals surface area contributed by atoms with Crippen LogP contribution in [0.5, 0.6) is 0 Å². The average molecular weight is 218 g/mol. The molecule has 0 saturated carbocycles. The monoisotopic (exact) mass is 218 g/mol. The third-order valence-corrected chi connectivity index (χ3v) is 4.04. The lowest BCUT2D eigenvalue weighted by atomic mass is 9.97. The summed E-state index contributed by atoms with van der Waals surface area (Å²) in [5, 5.41) is 9.77. The van der Waals surface area contributed by atoms with E-state index in [2.05, 4.69) is 27.7 Å². The van der Waals surface area contributed by atoms with Gasteiger partial charge in [0.2, 0.25) is 0 Å². The highest BCUT2D eigenvalue weighted by Gasteiger charge is 2.11. The molecule has 0 amide bonds. The van der Waals surface area contributed by atoms with Gasteiger partial charge in [0.05, 0.1) is 6.10 Å². The molecule has 1 N–H and O–H groups in total. The molecule has 0 aromatic rings. The molecule has 0 bridgehead atoms. The van der Waals surface area contributed by atoms with Gasteiger partial charge in [0.15, 0.2) is 0 Å². The maximum atomic E-state index is 9.77. The van der Waals surface area contributed by atoms with E-state index in [4.69, 9.17) is 0 Å². The lowest BCUT2D eigenvalue weighted by Crippen LogP contribution is -2.16. The number of thioether (sulfide) groups is 1. The predicted octanol–water partition coefficient (Wildman–Crippen LogP) is 3.56. The maximum Gasteiger partial charge on any atom is 0.0633 e. The summed E-state index contributed by atoms with van der Waals surface area (Å²) >= 11 is 1.88. The van der Waals surface area contributed by atoms with Crippen LogP contribution in [0, 0.1) is 11.8 Å². The summed E-state index contributed by atoms with van der Waals surface area (Å²) in [5.74, 6) is 3.53.